The average molecular weight is 317 g/mol. The highest BCUT2D eigenvalue weighted by Gasteiger charge is 2.13. The lowest BCUT2D eigenvalue weighted by Gasteiger charge is -2.07. The minimum atomic E-state index is -0.0462. The number of hydrogen-bond donors (Lipinski definition) is 3. The summed E-state index contributed by atoms with van der Waals surface area (Å²) in [6.45, 7) is 2.04. The molecule has 0 aliphatic rings. The van der Waals surface area contributed by atoms with Gasteiger partial charge < -0.3 is 10.7 Å². The molecular formula is C15H13ClN4S. The first kappa shape index (κ1) is 14.0. The molecule has 4 N–H and O–H groups in total. The first-order valence-electron chi connectivity index (χ1n) is 6.32. The molecule has 0 unspecified atom stereocenters. The number of aromatic nitrogens is 2. The van der Waals surface area contributed by atoms with Crippen LogP contribution in [0.3, 0.4) is 0 Å². The van der Waals surface area contributed by atoms with Gasteiger partial charge in [-0.05, 0) is 36.8 Å². The lowest BCUT2D eigenvalue weighted by Crippen LogP contribution is -2.13. The highest BCUT2D eigenvalue weighted by atomic mass is 35.5. The maximum absolute atomic E-state index is 7.67. The molecule has 0 fully saturated rings. The molecular weight excluding hydrogens is 304 g/mol. The van der Waals surface area contributed by atoms with Crippen molar-refractivity contribution in [3.05, 3.63) is 52.5 Å². The first-order chi connectivity index (χ1) is 10.0. The van der Waals surface area contributed by atoms with Crippen LogP contribution in [0, 0.1) is 12.3 Å². The van der Waals surface area contributed by atoms with Gasteiger partial charge in [0.15, 0.2) is 5.16 Å². The van der Waals surface area contributed by atoms with Crippen LogP contribution < -0.4 is 5.73 Å². The van der Waals surface area contributed by atoms with Crippen LogP contribution >= 0.6 is 23.4 Å². The molecule has 6 heteroatoms. The Balaban J connectivity index is 2.02. The summed E-state index contributed by atoms with van der Waals surface area (Å²) in [5.41, 5.74) is 9.24. The number of nitrogens with zero attached hydrogens (tertiary/aromatic N) is 1. The summed E-state index contributed by atoms with van der Waals surface area (Å²) in [6, 6.07) is 11.5. The SMILES string of the molecule is Cc1ccc2nc(Sc3cccc(Cl)c3C(=N)N)[nH]c2c1. The number of H-pyrrole nitrogens is 1. The topological polar surface area (TPSA) is 78.6 Å². The predicted molar refractivity (Wildman–Crippen MR) is 87.4 cm³/mol. The number of aryl methyl sites for hydroxylation is 1. The Bertz CT molecular complexity index is 841. The number of amidine groups is 1. The van der Waals surface area contributed by atoms with Crippen LogP contribution in [0.2, 0.25) is 5.02 Å². The number of halogens is 1. The van der Waals surface area contributed by atoms with E-state index in [1.807, 2.05) is 31.2 Å². The summed E-state index contributed by atoms with van der Waals surface area (Å²) in [4.78, 5) is 8.61. The maximum Gasteiger partial charge on any atom is 0.171 e. The highest BCUT2D eigenvalue weighted by molar-refractivity contribution is 7.99. The number of nitrogens with two attached hydrogens (primary N) is 1. The normalized spacial score (nSPS) is 11.0. The number of benzene rings is 2. The largest absolute Gasteiger partial charge is 0.384 e. The second kappa shape index (κ2) is 5.42. The van der Waals surface area contributed by atoms with Crippen molar-refractivity contribution >= 4 is 40.2 Å². The molecule has 3 rings (SSSR count). The number of rotatable bonds is 3. The first-order valence-corrected chi connectivity index (χ1v) is 7.51. The van der Waals surface area contributed by atoms with Crippen molar-refractivity contribution in [1.29, 1.82) is 5.41 Å². The fourth-order valence-electron chi connectivity index (χ4n) is 2.10. The monoisotopic (exact) mass is 316 g/mol. The number of fused-ring (bicyclic) bond motifs is 1. The number of nitrogens with one attached hydrogen (secondary N) is 2. The van der Waals surface area contributed by atoms with E-state index in [1.165, 1.54) is 17.3 Å². The van der Waals surface area contributed by atoms with Crippen LogP contribution in [0.25, 0.3) is 11.0 Å². The van der Waals surface area contributed by atoms with Gasteiger partial charge in [0, 0.05) is 10.5 Å². The summed E-state index contributed by atoms with van der Waals surface area (Å²) in [7, 11) is 0. The Morgan fingerprint density at radius 1 is 1.33 bits per heavy atom. The van der Waals surface area contributed by atoms with Gasteiger partial charge in [-0.25, -0.2) is 4.98 Å². The molecule has 0 aliphatic carbocycles. The van der Waals surface area contributed by atoms with Crippen molar-refractivity contribution in [2.24, 2.45) is 5.73 Å². The maximum atomic E-state index is 7.67. The molecule has 4 nitrogen and oxygen atoms in total. The van der Waals surface area contributed by atoms with Crippen molar-refractivity contribution in [3.8, 4) is 0 Å². The van der Waals surface area contributed by atoms with Crippen molar-refractivity contribution in [2.75, 3.05) is 0 Å². The van der Waals surface area contributed by atoms with Crippen LogP contribution in [-0.2, 0) is 0 Å². The second-order valence-electron chi connectivity index (χ2n) is 4.69. The Hall–Kier alpha value is -1.98. The molecule has 3 aromatic rings. The Kier molecular flexibility index (Phi) is 3.61. The number of nitrogen functional groups attached to an aromatic ring is 1. The van der Waals surface area contributed by atoms with E-state index < -0.39 is 0 Å². The van der Waals surface area contributed by atoms with E-state index in [1.54, 1.807) is 6.07 Å². The van der Waals surface area contributed by atoms with E-state index >= 15 is 0 Å². The molecule has 0 bridgehead atoms. The molecule has 0 spiro atoms. The summed E-state index contributed by atoms with van der Waals surface area (Å²) in [5, 5.41) is 8.89. The number of hydrogen-bond acceptors (Lipinski definition) is 3. The molecule has 0 aliphatic heterocycles. The van der Waals surface area contributed by atoms with Crippen LogP contribution in [-0.4, -0.2) is 15.8 Å². The lowest BCUT2D eigenvalue weighted by molar-refractivity contribution is 1.08. The van der Waals surface area contributed by atoms with E-state index in [0.717, 1.165) is 21.1 Å². The Morgan fingerprint density at radius 3 is 2.90 bits per heavy atom. The average Bonchev–Trinajstić information content (AvgIpc) is 2.79. The van der Waals surface area contributed by atoms with Crippen LogP contribution in [0.4, 0.5) is 0 Å². The minimum absolute atomic E-state index is 0.0462. The molecule has 1 heterocycles. The van der Waals surface area contributed by atoms with Gasteiger partial charge in [0.25, 0.3) is 0 Å². The van der Waals surface area contributed by atoms with E-state index in [-0.39, 0.29) is 5.84 Å². The summed E-state index contributed by atoms with van der Waals surface area (Å²) in [6.07, 6.45) is 0. The van der Waals surface area contributed by atoms with E-state index in [4.69, 9.17) is 22.7 Å². The standard InChI is InChI=1S/C15H13ClN4S/c1-8-5-6-10-11(7-8)20-15(19-10)21-12-4-2-3-9(16)13(12)14(17)18/h2-7H,1H3,(H3,17,18)(H,19,20). The zero-order valence-electron chi connectivity index (χ0n) is 11.3. The van der Waals surface area contributed by atoms with Gasteiger partial charge in [0.2, 0.25) is 0 Å². The third kappa shape index (κ3) is 2.75. The minimum Gasteiger partial charge on any atom is -0.384 e. The molecule has 0 saturated carbocycles. The quantitative estimate of drug-likeness (QED) is 0.505. The molecule has 2 aromatic carbocycles. The van der Waals surface area contributed by atoms with Gasteiger partial charge >= 0.3 is 0 Å². The fraction of sp³-hybridized carbons (Fsp3) is 0.0667. The van der Waals surface area contributed by atoms with Crippen molar-refractivity contribution < 1.29 is 0 Å². The van der Waals surface area contributed by atoms with Gasteiger partial charge in [0.1, 0.15) is 5.84 Å². The van der Waals surface area contributed by atoms with Gasteiger partial charge in [-0.2, -0.15) is 0 Å². The number of aromatic amines is 1. The summed E-state index contributed by atoms with van der Waals surface area (Å²) < 4.78 is 0. The zero-order chi connectivity index (χ0) is 15.0. The molecule has 0 saturated heterocycles. The second-order valence-corrected chi connectivity index (χ2v) is 6.13. The van der Waals surface area contributed by atoms with Gasteiger partial charge in [-0.15, -0.1) is 0 Å². The lowest BCUT2D eigenvalue weighted by atomic mass is 10.2. The van der Waals surface area contributed by atoms with Crippen LogP contribution in [0.5, 0.6) is 0 Å². The summed E-state index contributed by atoms with van der Waals surface area (Å²) in [5.74, 6) is -0.0462. The van der Waals surface area contributed by atoms with Crippen LogP contribution in [0.15, 0.2) is 46.5 Å². The molecule has 0 radical (unpaired) electrons. The van der Waals surface area contributed by atoms with Crippen molar-refractivity contribution in [1.82, 2.24) is 9.97 Å². The summed E-state index contributed by atoms with van der Waals surface area (Å²) >= 11 is 7.54. The molecule has 0 atom stereocenters. The predicted octanol–water partition coefficient (Wildman–Crippen LogP) is 3.96. The smallest absolute Gasteiger partial charge is 0.171 e. The van der Waals surface area contributed by atoms with Crippen molar-refractivity contribution in [2.45, 2.75) is 17.0 Å². The van der Waals surface area contributed by atoms with Gasteiger partial charge in [0.05, 0.1) is 16.1 Å². The van der Waals surface area contributed by atoms with Crippen molar-refractivity contribution in [3.63, 3.8) is 0 Å². The third-order valence-corrected chi connectivity index (χ3v) is 4.33. The number of imidazole rings is 1. The van der Waals surface area contributed by atoms with E-state index in [2.05, 4.69) is 16.0 Å². The van der Waals surface area contributed by atoms with E-state index in [0.29, 0.717) is 10.6 Å². The van der Waals surface area contributed by atoms with Gasteiger partial charge in [-0.3, -0.25) is 5.41 Å². The fourth-order valence-corrected chi connectivity index (χ4v) is 3.42. The molecule has 106 valence electrons. The van der Waals surface area contributed by atoms with Crippen LogP contribution in [0.1, 0.15) is 11.1 Å². The van der Waals surface area contributed by atoms with E-state index in [9.17, 15) is 0 Å². The molecule has 0 amide bonds. The zero-order valence-corrected chi connectivity index (χ0v) is 12.8. The third-order valence-electron chi connectivity index (χ3n) is 3.07. The molecule has 1 aromatic heterocycles. The molecule has 21 heavy (non-hydrogen) atoms. The van der Waals surface area contributed by atoms with Gasteiger partial charge in [-0.1, -0.05) is 35.5 Å². The Morgan fingerprint density at radius 2 is 2.14 bits per heavy atom. The highest BCUT2D eigenvalue weighted by Crippen LogP contribution is 2.33. The Labute approximate surface area is 131 Å².